The Morgan fingerprint density at radius 1 is 1.37 bits per heavy atom. The highest BCUT2D eigenvalue weighted by Crippen LogP contribution is 2.27. The van der Waals surface area contributed by atoms with Crippen LogP contribution in [0.3, 0.4) is 0 Å². The molecule has 1 aromatic carbocycles. The zero-order valence-electron chi connectivity index (χ0n) is 11.6. The summed E-state index contributed by atoms with van der Waals surface area (Å²) in [5.41, 5.74) is 8.81. The molecule has 0 amide bonds. The average molecular weight is 258 g/mol. The number of benzene rings is 1. The van der Waals surface area contributed by atoms with Crippen molar-refractivity contribution in [1.82, 2.24) is 0 Å². The summed E-state index contributed by atoms with van der Waals surface area (Å²) in [5.74, 6) is 0.507. The SMILES string of the molecule is Cc1cc(C#N)ccc1COC1CCCCC1CN. The standard InChI is InChI=1S/C16H22N2O/c1-12-8-13(9-17)6-7-15(12)11-19-16-5-3-2-4-14(16)10-18/h6-8,14,16H,2-5,10-11,18H2,1H3. The van der Waals surface area contributed by atoms with Crippen molar-refractivity contribution in [3.63, 3.8) is 0 Å². The Balaban J connectivity index is 1.96. The van der Waals surface area contributed by atoms with Crippen LogP contribution in [0.5, 0.6) is 0 Å². The number of hydrogen-bond donors (Lipinski definition) is 1. The summed E-state index contributed by atoms with van der Waals surface area (Å²) in [5, 5.41) is 8.86. The predicted molar refractivity (Wildman–Crippen MR) is 75.5 cm³/mol. The van der Waals surface area contributed by atoms with Crippen molar-refractivity contribution in [2.24, 2.45) is 11.7 Å². The summed E-state index contributed by atoms with van der Waals surface area (Å²) in [6, 6.07) is 7.92. The maximum Gasteiger partial charge on any atom is 0.0991 e. The van der Waals surface area contributed by atoms with E-state index in [4.69, 9.17) is 15.7 Å². The quantitative estimate of drug-likeness (QED) is 0.903. The molecule has 102 valence electrons. The van der Waals surface area contributed by atoms with Gasteiger partial charge in [0.1, 0.15) is 0 Å². The Morgan fingerprint density at radius 2 is 2.16 bits per heavy atom. The Hall–Kier alpha value is -1.37. The van der Waals surface area contributed by atoms with Gasteiger partial charge in [0.15, 0.2) is 0 Å². The van der Waals surface area contributed by atoms with Gasteiger partial charge in [-0.3, -0.25) is 0 Å². The highest BCUT2D eigenvalue weighted by Gasteiger charge is 2.24. The van der Waals surface area contributed by atoms with Crippen molar-refractivity contribution >= 4 is 0 Å². The van der Waals surface area contributed by atoms with Gasteiger partial charge in [-0.05, 0) is 55.5 Å². The molecule has 2 unspecified atom stereocenters. The van der Waals surface area contributed by atoms with E-state index in [1.54, 1.807) is 0 Å². The van der Waals surface area contributed by atoms with Gasteiger partial charge in [0.2, 0.25) is 0 Å². The van der Waals surface area contributed by atoms with Crippen LogP contribution in [0.2, 0.25) is 0 Å². The van der Waals surface area contributed by atoms with Gasteiger partial charge in [0.25, 0.3) is 0 Å². The molecule has 0 aromatic heterocycles. The van der Waals surface area contributed by atoms with Crippen LogP contribution in [-0.2, 0) is 11.3 Å². The molecule has 1 saturated carbocycles. The molecule has 3 heteroatoms. The molecule has 1 aliphatic carbocycles. The molecule has 3 nitrogen and oxygen atoms in total. The predicted octanol–water partition coefficient (Wildman–Crippen LogP) is 2.90. The van der Waals surface area contributed by atoms with Gasteiger partial charge in [0.05, 0.1) is 24.3 Å². The third kappa shape index (κ3) is 3.56. The van der Waals surface area contributed by atoms with Crippen molar-refractivity contribution in [2.45, 2.75) is 45.3 Å². The molecule has 1 aromatic rings. The van der Waals surface area contributed by atoms with Gasteiger partial charge in [-0.2, -0.15) is 5.26 Å². The van der Waals surface area contributed by atoms with E-state index in [0.29, 0.717) is 24.2 Å². The van der Waals surface area contributed by atoms with E-state index >= 15 is 0 Å². The second-order valence-electron chi connectivity index (χ2n) is 5.38. The molecule has 0 heterocycles. The number of hydrogen-bond acceptors (Lipinski definition) is 3. The lowest BCUT2D eigenvalue weighted by Gasteiger charge is -2.30. The maximum absolute atomic E-state index is 8.86. The Kier molecular flexibility index (Phi) is 4.95. The number of nitriles is 1. The van der Waals surface area contributed by atoms with Crippen molar-refractivity contribution in [3.8, 4) is 6.07 Å². The van der Waals surface area contributed by atoms with Crippen LogP contribution in [0.25, 0.3) is 0 Å². The van der Waals surface area contributed by atoms with Gasteiger partial charge in [-0.25, -0.2) is 0 Å². The smallest absolute Gasteiger partial charge is 0.0991 e. The highest BCUT2D eigenvalue weighted by molar-refractivity contribution is 5.37. The van der Waals surface area contributed by atoms with Gasteiger partial charge in [-0.1, -0.05) is 18.9 Å². The number of nitrogens with zero attached hydrogens (tertiary/aromatic N) is 1. The summed E-state index contributed by atoms with van der Waals surface area (Å²) in [6.07, 6.45) is 5.13. The fraction of sp³-hybridized carbons (Fsp3) is 0.562. The first-order chi connectivity index (χ1) is 9.24. The van der Waals surface area contributed by atoms with Gasteiger partial charge >= 0.3 is 0 Å². The first-order valence-electron chi connectivity index (χ1n) is 7.06. The van der Waals surface area contributed by atoms with Crippen LogP contribution >= 0.6 is 0 Å². The average Bonchev–Trinajstić information content (AvgIpc) is 2.46. The summed E-state index contributed by atoms with van der Waals surface area (Å²) in [6.45, 7) is 3.37. The van der Waals surface area contributed by atoms with Crippen molar-refractivity contribution < 1.29 is 4.74 Å². The molecule has 2 atom stereocenters. The molecular weight excluding hydrogens is 236 g/mol. The summed E-state index contributed by atoms with van der Waals surface area (Å²) in [4.78, 5) is 0. The van der Waals surface area contributed by atoms with E-state index < -0.39 is 0 Å². The second kappa shape index (κ2) is 6.70. The van der Waals surface area contributed by atoms with E-state index in [1.165, 1.54) is 24.8 Å². The van der Waals surface area contributed by atoms with E-state index in [9.17, 15) is 0 Å². The van der Waals surface area contributed by atoms with Gasteiger partial charge in [-0.15, -0.1) is 0 Å². The highest BCUT2D eigenvalue weighted by atomic mass is 16.5. The van der Waals surface area contributed by atoms with E-state index in [1.807, 2.05) is 25.1 Å². The largest absolute Gasteiger partial charge is 0.373 e. The minimum atomic E-state index is 0.300. The van der Waals surface area contributed by atoms with E-state index in [-0.39, 0.29) is 0 Å². The first-order valence-corrected chi connectivity index (χ1v) is 7.06. The zero-order chi connectivity index (χ0) is 13.7. The number of ether oxygens (including phenoxy) is 1. The molecule has 2 N–H and O–H groups in total. The first kappa shape index (κ1) is 14.0. The fourth-order valence-corrected chi connectivity index (χ4v) is 2.79. The van der Waals surface area contributed by atoms with Crippen LogP contribution < -0.4 is 5.73 Å². The maximum atomic E-state index is 8.86. The van der Waals surface area contributed by atoms with Crippen molar-refractivity contribution in [1.29, 1.82) is 5.26 Å². The minimum absolute atomic E-state index is 0.300. The van der Waals surface area contributed by atoms with Gasteiger partial charge < -0.3 is 10.5 Å². The van der Waals surface area contributed by atoms with Crippen LogP contribution in [-0.4, -0.2) is 12.6 Å². The number of nitrogens with two attached hydrogens (primary N) is 1. The lowest BCUT2D eigenvalue weighted by Crippen LogP contribution is -2.33. The van der Waals surface area contributed by atoms with Crippen LogP contribution in [0, 0.1) is 24.2 Å². The molecular formula is C16H22N2O. The molecule has 2 rings (SSSR count). The van der Waals surface area contributed by atoms with Crippen LogP contribution in [0.1, 0.15) is 42.4 Å². The molecule has 1 fully saturated rings. The lowest BCUT2D eigenvalue weighted by atomic mass is 9.86. The normalized spacial score (nSPS) is 23.0. The zero-order valence-corrected chi connectivity index (χ0v) is 11.6. The molecule has 0 spiro atoms. The van der Waals surface area contributed by atoms with Crippen molar-refractivity contribution in [2.75, 3.05) is 6.54 Å². The Bertz CT molecular complexity index is 464. The fourth-order valence-electron chi connectivity index (χ4n) is 2.79. The molecule has 0 bridgehead atoms. The van der Waals surface area contributed by atoms with Crippen LogP contribution in [0.4, 0.5) is 0 Å². The number of rotatable bonds is 4. The lowest BCUT2D eigenvalue weighted by molar-refractivity contribution is -0.0184. The van der Waals surface area contributed by atoms with E-state index in [0.717, 1.165) is 18.5 Å². The Labute approximate surface area is 115 Å². The molecule has 19 heavy (non-hydrogen) atoms. The number of aryl methyl sites for hydroxylation is 1. The third-order valence-electron chi connectivity index (χ3n) is 4.07. The topological polar surface area (TPSA) is 59.0 Å². The minimum Gasteiger partial charge on any atom is -0.373 e. The molecule has 0 saturated heterocycles. The monoisotopic (exact) mass is 258 g/mol. The van der Waals surface area contributed by atoms with Crippen LogP contribution in [0.15, 0.2) is 18.2 Å². The molecule has 1 aliphatic rings. The summed E-state index contributed by atoms with van der Waals surface area (Å²) >= 11 is 0. The molecule has 0 radical (unpaired) electrons. The third-order valence-corrected chi connectivity index (χ3v) is 4.07. The van der Waals surface area contributed by atoms with Crippen molar-refractivity contribution in [3.05, 3.63) is 34.9 Å². The summed E-state index contributed by atoms with van der Waals surface area (Å²) in [7, 11) is 0. The van der Waals surface area contributed by atoms with E-state index in [2.05, 4.69) is 6.07 Å². The molecule has 0 aliphatic heterocycles. The Morgan fingerprint density at radius 3 is 2.84 bits per heavy atom. The van der Waals surface area contributed by atoms with Gasteiger partial charge in [0, 0.05) is 0 Å². The second-order valence-corrected chi connectivity index (χ2v) is 5.38. The summed E-state index contributed by atoms with van der Waals surface area (Å²) < 4.78 is 6.06.